The van der Waals surface area contributed by atoms with Crippen LogP contribution in [0.25, 0.3) is 0 Å². The summed E-state index contributed by atoms with van der Waals surface area (Å²) in [6.45, 7) is 3.35. The van der Waals surface area contributed by atoms with E-state index >= 15 is 0 Å². The lowest BCUT2D eigenvalue weighted by atomic mass is 9.80. The summed E-state index contributed by atoms with van der Waals surface area (Å²) in [6.07, 6.45) is 0. The molecule has 0 heterocycles. The summed E-state index contributed by atoms with van der Waals surface area (Å²) in [7, 11) is 4.22. The molecule has 3 N–H and O–H groups in total. The van der Waals surface area contributed by atoms with E-state index < -0.39 is 17.4 Å². The molecule has 112 valence electrons. The number of rotatable bonds is 5. The lowest BCUT2D eigenvalue weighted by Gasteiger charge is -2.30. The van der Waals surface area contributed by atoms with Crippen LogP contribution in [-0.2, 0) is 9.53 Å². The average Bonchev–Trinajstić information content (AvgIpc) is 2.44. The van der Waals surface area contributed by atoms with Crippen LogP contribution in [0.1, 0.15) is 25.5 Å². The molecule has 6 heteroatoms. The fourth-order valence-electron chi connectivity index (χ4n) is 1.98. The Hall–Kier alpha value is -1.95. The normalized spacial score (nSPS) is 12.7. The Bertz CT molecular complexity index is 473. The predicted octanol–water partition coefficient (Wildman–Crippen LogP) is 1.61. The molecule has 1 aromatic carbocycles. The monoisotopic (exact) mass is 283 g/mol. The van der Waals surface area contributed by atoms with Crippen LogP contribution in [0.3, 0.4) is 0 Å². The Morgan fingerprint density at radius 1 is 1.20 bits per heavy atom. The molecule has 0 spiro atoms. The van der Waals surface area contributed by atoms with E-state index in [2.05, 4.69) is 0 Å². The third kappa shape index (κ3) is 2.80. The van der Waals surface area contributed by atoms with Gasteiger partial charge in [-0.05, 0) is 13.8 Å². The Labute approximate surface area is 118 Å². The van der Waals surface area contributed by atoms with E-state index in [0.717, 1.165) is 0 Å². The zero-order chi connectivity index (χ0) is 15.5. The molecular formula is C14H21NO5. The number of phenols is 1. The molecule has 6 nitrogen and oxygen atoms in total. The summed E-state index contributed by atoms with van der Waals surface area (Å²) < 4.78 is 15.2. The molecule has 1 atom stereocenters. The molecule has 0 aliphatic carbocycles. The Balaban J connectivity index is 3.41. The molecule has 0 fully saturated rings. The molecule has 0 amide bonds. The van der Waals surface area contributed by atoms with Gasteiger partial charge in [0.25, 0.3) is 0 Å². The first-order chi connectivity index (χ1) is 9.29. The van der Waals surface area contributed by atoms with Crippen LogP contribution < -0.4 is 15.2 Å². The number of ether oxygens (including phenoxy) is 3. The Morgan fingerprint density at radius 3 is 2.00 bits per heavy atom. The molecule has 20 heavy (non-hydrogen) atoms. The molecule has 0 radical (unpaired) electrons. The van der Waals surface area contributed by atoms with Crippen LogP contribution in [0.4, 0.5) is 0 Å². The quantitative estimate of drug-likeness (QED) is 0.798. The van der Waals surface area contributed by atoms with Gasteiger partial charge in [0, 0.05) is 12.1 Å². The minimum absolute atomic E-state index is 0.00877. The van der Waals surface area contributed by atoms with Crippen molar-refractivity contribution in [3.8, 4) is 17.2 Å². The van der Waals surface area contributed by atoms with Crippen molar-refractivity contribution in [3.05, 3.63) is 17.7 Å². The van der Waals surface area contributed by atoms with Crippen LogP contribution in [0.2, 0.25) is 0 Å². The highest BCUT2D eigenvalue weighted by molar-refractivity contribution is 5.77. The first kappa shape index (κ1) is 16.1. The summed E-state index contributed by atoms with van der Waals surface area (Å²) in [5, 5.41) is 9.63. The van der Waals surface area contributed by atoms with Gasteiger partial charge in [0.05, 0.1) is 38.3 Å². The van der Waals surface area contributed by atoms with Crippen molar-refractivity contribution >= 4 is 5.97 Å². The van der Waals surface area contributed by atoms with Gasteiger partial charge in [0.1, 0.15) is 17.2 Å². The van der Waals surface area contributed by atoms with Crippen LogP contribution >= 0.6 is 0 Å². The fourth-order valence-corrected chi connectivity index (χ4v) is 1.98. The summed E-state index contributed by atoms with van der Waals surface area (Å²) in [6, 6.07) is 2.12. The lowest BCUT2D eigenvalue weighted by molar-refractivity contribution is -0.152. The van der Waals surface area contributed by atoms with Crippen LogP contribution in [0, 0.1) is 5.41 Å². The highest BCUT2D eigenvalue weighted by atomic mass is 16.5. The molecule has 0 aromatic heterocycles. The molecule has 0 saturated carbocycles. The van der Waals surface area contributed by atoms with Gasteiger partial charge >= 0.3 is 5.97 Å². The zero-order valence-corrected chi connectivity index (χ0v) is 12.4. The van der Waals surface area contributed by atoms with Crippen molar-refractivity contribution in [2.75, 3.05) is 21.3 Å². The van der Waals surface area contributed by atoms with Gasteiger partial charge in [0.15, 0.2) is 0 Å². The van der Waals surface area contributed by atoms with Crippen molar-refractivity contribution in [1.82, 2.24) is 0 Å². The molecule has 0 saturated heterocycles. The first-order valence-corrected chi connectivity index (χ1v) is 6.08. The second kappa shape index (κ2) is 6.00. The largest absolute Gasteiger partial charge is 0.508 e. The first-order valence-electron chi connectivity index (χ1n) is 6.08. The molecule has 0 bridgehead atoms. The van der Waals surface area contributed by atoms with Crippen molar-refractivity contribution in [2.24, 2.45) is 11.1 Å². The minimum Gasteiger partial charge on any atom is -0.508 e. The van der Waals surface area contributed by atoms with Crippen molar-refractivity contribution in [2.45, 2.75) is 19.9 Å². The summed E-state index contributed by atoms with van der Waals surface area (Å²) in [5.74, 6) is 0.255. The molecule has 0 aliphatic heterocycles. The van der Waals surface area contributed by atoms with Gasteiger partial charge in [-0.3, -0.25) is 4.79 Å². The maximum Gasteiger partial charge on any atom is 0.313 e. The number of nitrogens with two attached hydrogens (primary N) is 1. The van der Waals surface area contributed by atoms with E-state index in [0.29, 0.717) is 17.1 Å². The number of esters is 1. The van der Waals surface area contributed by atoms with E-state index in [1.165, 1.54) is 33.5 Å². The standard InChI is InChI=1S/C14H21NO5/c1-14(2,13(17)20-5)12(15)11-9(18-3)6-8(16)7-10(11)19-4/h6-7,12,16H,15H2,1-5H3/t12-/m0/s1. The summed E-state index contributed by atoms with van der Waals surface area (Å²) in [5.41, 5.74) is 5.73. The molecule has 1 rings (SSSR count). The van der Waals surface area contributed by atoms with E-state index in [9.17, 15) is 9.90 Å². The minimum atomic E-state index is -0.980. The summed E-state index contributed by atoms with van der Waals surface area (Å²) >= 11 is 0. The smallest absolute Gasteiger partial charge is 0.313 e. The number of hydrogen-bond acceptors (Lipinski definition) is 6. The maximum atomic E-state index is 11.9. The van der Waals surface area contributed by atoms with Gasteiger partial charge in [-0.15, -0.1) is 0 Å². The van der Waals surface area contributed by atoms with Crippen molar-refractivity contribution in [3.63, 3.8) is 0 Å². The highest BCUT2D eigenvalue weighted by Crippen LogP contribution is 2.43. The maximum absolute atomic E-state index is 11.9. The lowest BCUT2D eigenvalue weighted by Crippen LogP contribution is -2.37. The van der Waals surface area contributed by atoms with E-state index in [4.69, 9.17) is 19.9 Å². The van der Waals surface area contributed by atoms with E-state index in [-0.39, 0.29) is 5.75 Å². The SMILES string of the molecule is COC(=O)C(C)(C)[C@@H](N)c1c(OC)cc(O)cc1OC. The second-order valence-electron chi connectivity index (χ2n) is 4.95. The zero-order valence-electron chi connectivity index (χ0n) is 12.4. The topological polar surface area (TPSA) is 91.0 Å². The molecule has 1 aromatic rings. The third-order valence-electron chi connectivity index (χ3n) is 3.33. The molecule has 0 unspecified atom stereocenters. The number of hydrogen-bond donors (Lipinski definition) is 2. The number of methoxy groups -OCH3 is 3. The number of aromatic hydroxyl groups is 1. The summed E-state index contributed by atoms with van der Waals surface area (Å²) in [4.78, 5) is 11.9. The van der Waals surface area contributed by atoms with E-state index in [1.54, 1.807) is 13.8 Å². The van der Waals surface area contributed by atoms with Crippen LogP contribution in [0.5, 0.6) is 17.2 Å². The van der Waals surface area contributed by atoms with Gasteiger partial charge in [0.2, 0.25) is 0 Å². The van der Waals surface area contributed by atoms with Crippen molar-refractivity contribution in [1.29, 1.82) is 0 Å². The van der Waals surface area contributed by atoms with Crippen molar-refractivity contribution < 1.29 is 24.1 Å². The molecule has 0 aliphatic rings. The molecular weight excluding hydrogens is 262 g/mol. The third-order valence-corrected chi connectivity index (χ3v) is 3.33. The number of benzene rings is 1. The Kier molecular flexibility index (Phi) is 4.83. The second-order valence-corrected chi connectivity index (χ2v) is 4.95. The van der Waals surface area contributed by atoms with Gasteiger partial charge in [-0.25, -0.2) is 0 Å². The van der Waals surface area contributed by atoms with Crippen LogP contribution in [-0.4, -0.2) is 32.4 Å². The van der Waals surface area contributed by atoms with Gasteiger partial charge < -0.3 is 25.1 Å². The number of phenolic OH excluding ortho intramolecular Hbond substituents is 1. The van der Waals surface area contributed by atoms with Gasteiger partial charge in [-0.1, -0.05) is 0 Å². The van der Waals surface area contributed by atoms with Gasteiger partial charge in [-0.2, -0.15) is 0 Å². The highest BCUT2D eigenvalue weighted by Gasteiger charge is 2.39. The predicted molar refractivity (Wildman–Crippen MR) is 73.9 cm³/mol. The Morgan fingerprint density at radius 2 is 1.65 bits per heavy atom. The number of carbonyl (C=O) groups is 1. The number of carbonyl (C=O) groups excluding carboxylic acids is 1. The fraction of sp³-hybridized carbons (Fsp3) is 0.500. The average molecular weight is 283 g/mol. The van der Waals surface area contributed by atoms with E-state index in [1.807, 2.05) is 0 Å². The van der Waals surface area contributed by atoms with Crippen LogP contribution in [0.15, 0.2) is 12.1 Å².